The highest BCUT2D eigenvalue weighted by molar-refractivity contribution is 5.67. The summed E-state index contributed by atoms with van der Waals surface area (Å²) in [7, 11) is 1.42. The van der Waals surface area contributed by atoms with E-state index in [1.165, 1.54) is 7.11 Å². The van der Waals surface area contributed by atoms with Crippen LogP contribution in [-0.4, -0.2) is 73.1 Å². The van der Waals surface area contributed by atoms with Gasteiger partial charge < -0.3 is 9.64 Å². The number of carbonyl (C=O) groups excluding carboxylic acids is 1. The first-order valence-electron chi connectivity index (χ1n) is 11.8. The highest BCUT2D eigenvalue weighted by atomic mass is 19.3. The molecule has 3 N–H and O–H groups in total. The number of piperidine rings is 1. The van der Waals surface area contributed by atoms with Crippen LogP contribution < -0.4 is 16.2 Å². The number of alkyl halides is 2. The van der Waals surface area contributed by atoms with Gasteiger partial charge in [-0.2, -0.15) is 5.48 Å². The molecule has 2 saturated carbocycles. The summed E-state index contributed by atoms with van der Waals surface area (Å²) in [5.41, 5.74) is 6.64. The summed E-state index contributed by atoms with van der Waals surface area (Å²) < 4.78 is 32.4. The average molecular weight is 444 g/mol. The van der Waals surface area contributed by atoms with E-state index in [0.717, 1.165) is 38.6 Å². The first kappa shape index (κ1) is 21.8. The number of amides is 1. The van der Waals surface area contributed by atoms with Crippen LogP contribution in [0.3, 0.4) is 0 Å². The monoisotopic (exact) mass is 443 g/mol. The zero-order chi connectivity index (χ0) is 21.6. The van der Waals surface area contributed by atoms with Crippen LogP contribution >= 0.6 is 0 Å². The fourth-order valence-corrected chi connectivity index (χ4v) is 6.40. The van der Waals surface area contributed by atoms with Crippen LogP contribution in [0.25, 0.3) is 0 Å². The van der Waals surface area contributed by atoms with Gasteiger partial charge in [0.15, 0.2) is 0 Å². The maximum atomic E-state index is 13.8. The van der Waals surface area contributed by atoms with Crippen molar-refractivity contribution >= 4 is 6.09 Å². The number of hydrogen-bond acceptors (Lipinski definition) is 7. The average Bonchev–Trinajstić information content (AvgIpc) is 3.50. The molecule has 3 saturated heterocycles. The molecule has 3 aliphatic heterocycles. The third-order valence-corrected chi connectivity index (χ3v) is 8.20. The summed E-state index contributed by atoms with van der Waals surface area (Å²) in [6, 6.07) is 0.248. The molecule has 5 aliphatic rings. The molecule has 0 aromatic rings. The quantitative estimate of drug-likeness (QED) is 0.616. The molecule has 1 amide bonds. The van der Waals surface area contributed by atoms with Crippen molar-refractivity contribution in [3.63, 3.8) is 0 Å². The Morgan fingerprint density at radius 3 is 2.58 bits per heavy atom. The van der Waals surface area contributed by atoms with Crippen molar-refractivity contribution in [1.29, 1.82) is 0 Å². The van der Waals surface area contributed by atoms with Crippen LogP contribution in [0.5, 0.6) is 0 Å². The zero-order valence-corrected chi connectivity index (χ0v) is 18.2. The second kappa shape index (κ2) is 8.70. The number of rotatable bonds is 3. The van der Waals surface area contributed by atoms with E-state index < -0.39 is 5.92 Å². The molecular formula is C21H35F2N5O3. The van der Waals surface area contributed by atoms with Gasteiger partial charge in [-0.05, 0) is 50.4 Å². The zero-order valence-electron chi connectivity index (χ0n) is 18.2. The Morgan fingerprint density at radius 2 is 1.87 bits per heavy atom. The molecular weight excluding hydrogens is 408 g/mol. The van der Waals surface area contributed by atoms with Crippen LogP contribution in [0.15, 0.2) is 0 Å². The summed E-state index contributed by atoms with van der Waals surface area (Å²) in [6.07, 6.45) is 5.27. The number of nitrogens with zero attached hydrogens (tertiary/aromatic N) is 2. The van der Waals surface area contributed by atoms with E-state index in [-0.39, 0.29) is 37.4 Å². The lowest BCUT2D eigenvalue weighted by Crippen LogP contribution is -2.50. The van der Waals surface area contributed by atoms with E-state index in [2.05, 4.69) is 21.2 Å². The van der Waals surface area contributed by atoms with Crippen LogP contribution in [0.4, 0.5) is 13.6 Å². The second-order valence-electron chi connectivity index (χ2n) is 10.0. The molecule has 6 unspecified atom stereocenters. The fraction of sp³-hybridized carbons (Fsp3) is 0.952. The maximum absolute atomic E-state index is 13.8. The van der Waals surface area contributed by atoms with Gasteiger partial charge in [0.25, 0.3) is 0 Å². The summed E-state index contributed by atoms with van der Waals surface area (Å²) in [6.45, 7) is 2.29. The van der Waals surface area contributed by atoms with E-state index in [1.807, 2.05) is 0 Å². The Bertz CT molecular complexity index is 663. The number of halogens is 2. The number of ether oxygens (including phenoxy) is 1. The summed E-state index contributed by atoms with van der Waals surface area (Å²) in [5, 5.41) is 5.81. The van der Waals surface area contributed by atoms with Crippen LogP contribution in [0.2, 0.25) is 0 Å². The molecule has 0 aromatic heterocycles. The van der Waals surface area contributed by atoms with E-state index in [9.17, 15) is 13.6 Å². The Labute approximate surface area is 182 Å². The number of hydroxylamine groups is 1. The van der Waals surface area contributed by atoms with Gasteiger partial charge in [-0.25, -0.2) is 18.6 Å². The Hall–Kier alpha value is -1.07. The molecule has 10 heteroatoms. The second-order valence-corrected chi connectivity index (χ2v) is 10.0. The van der Waals surface area contributed by atoms with Crippen molar-refractivity contribution in [3.8, 4) is 0 Å². The third-order valence-electron chi connectivity index (χ3n) is 8.20. The molecule has 0 bridgehead atoms. The topological polar surface area (TPSA) is 78.1 Å². The first-order valence-corrected chi connectivity index (χ1v) is 11.8. The lowest BCUT2D eigenvalue weighted by atomic mass is 9.77. The molecule has 0 spiro atoms. The van der Waals surface area contributed by atoms with Gasteiger partial charge in [0.05, 0.1) is 13.3 Å². The predicted molar refractivity (Wildman–Crippen MR) is 109 cm³/mol. The van der Waals surface area contributed by atoms with E-state index in [0.29, 0.717) is 43.3 Å². The van der Waals surface area contributed by atoms with E-state index >= 15 is 0 Å². The van der Waals surface area contributed by atoms with Gasteiger partial charge in [0, 0.05) is 50.5 Å². The standard InChI is InChI=1S/C21H35F2N5O3/c1-30-20(29)27-8-5-13(6-9-27)18-25-19(31-26-18)14-2-3-15-12-24-28(17(15)10-14)16-4-7-21(22,23)11-16/h13-19,24-26H,2-12H2,1H3. The largest absolute Gasteiger partial charge is 0.453 e. The van der Waals surface area contributed by atoms with Crippen LogP contribution in [-0.2, 0) is 9.57 Å². The number of likely N-dealkylation sites (tertiary alicyclic amines) is 1. The SMILES string of the molecule is COC(=O)N1CCC(C2NOC(C3CCC4CNN(C5CCC(F)(F)C5)C4C3)N2)CC1. The van der Waals surface area contributed by atoms with Crippen molar-refractivity contribution in [2.75, 3.05) is 26.7 Å². The molecule has 0 radical (unpaired) electrons. The normalized spacial score (nSPS) is 41.5. The first-order chi connectivity index (χ1) is 14.9. The highest BCUT2D eigenvalue weighted by Gasteiger charge is 2.49. The van der Waals surface area contributed by atoms with E-state index in [1.54, 1.807) is 4.90 Å². The summed E-state index contributed by atoms with van der Waals surface area (Å²) in [4.78, 5) is 19.4. The number of methoxy groups -OCH3 is 1. The van der Waals surface area contributed by atoms with Gasteiger partial charge in [0.1, 0.15) is 6.23 Å². The molecule has 5 fully saturated rings. The minimum Gasteiger partial charge on any atom is -0.453 e. The van der Waals surface area contributed by atoms with E-state index in [4.69, 9.17) is 9.57 Å². The number of carbonyl (C=O) groups is 1. The Morgan fingerprint density at radius 1 is 1.10 bits per heavy atom. The van der Waals surface area contributed by atoms with Crippen LogP contribution in [0.1, 0.15) is 51.4 Å². The van der Waals surface area contributed by atoms with Gasteiger partial charge in [-0.1, -0.05) is 0 Å². The Balaban J connectivity index is 1.14. The number of nitrogens with one attached hydrogen (secondary N) is 3. The maximum Gasteiger partial charge on any atom is 0.409 e. The van der Waals surface area contributed by atoms with Crippen molar-refractivity contribution in [2.45, 2.75) is 81.8 Å². The molecule has 8 nitrogen and oxygen atoms in total. The van der Waals surface area contributed by atoms with Crippen molar-refractivity contribution < 1.29 is 23.1 Å². The molecule has 5 rings (SSSR count). The molecule has 0 aromatic carbocycles. The summed E-state index contributed by atoms with van der Waals surface area (Å²) >= 11 is 0. The van der Waals surface area contributed by atoms with Gasteiger partial charge >= 0.3 is 6.09 Å². The molecule has 6 atom stereocenters. The van der Waals surface area contributed by atoms with Gasteiger partial charge in [-0.15, -0.1) is 0 Å². The lowest BCUT2D eigenvalue weighted by Gasteiger charge is -2.39. The highest BCUT2D eigenvalue weighted by Crippen LogP contribution is 2.43. The molecule has 2 aliphatic carbocycles. The summed E-state index contributed by atoms with van der Waals surface area (Å²) in [5.74, 6) is -1.22. The van der Waals surface area contributed by atoms with Crippen molar-refractivity contribution in [3.05, 3.63) is 0 Å². The van der Waals surface area contributed by atoms with Crippen LogP contribution in [0, 0.1) is 17.8 Å². The van der Waals surface area contributed by atoms with Gasteiger partial charge in [0.2, 0.25) is 5.92 Å². The lowest BCUT2D eigenvalue weighted by molar-refractivity contribution is -0.0426. The minimum absolute atomic E-state index is 0.00431. The Kier molecular flexibility index (Phi) is 6.11. The number of hydrazine groups is 1. The smallest absolute Gasteiger partial charge is 0.409 e. The molecule has 176 valence electrons. The van der Waals surface area contributed by atoms with Gasteiger partial charge in [-0.3, -0.25) is 15.6 Å². The predicted octanol–water partition coefficient (Wildman–Crippen LogP) is 2.03. The number of fused-ring (bicyclic) bond motifs is 1. The third kappa shape index (κ3) is 4.42. The minimum atomic E-state index is -2.52. The van der Waals surface area contributed by atoms with Crippen molar-refractivity contribution in [2.24, 2.45) is 17.8 Å². The molecule has 31 heavy (non-hydrogen) atoms. The number of hydrogen-bond donors (Lipinski definition) is 3. The fourth-order valence-electron chi connectivity index (χ4n) is 6.40. The van der Waals surface area contributed by atoms with Crippen molar-refractivity contribution in [1.82, 2.24) is 26.1 Å². The molecule has 3 heterocycles.